The van der Waals surface area contributed by atoms with Gasteiger partial charge in [0.2, 0.25) is 0 Å². The minimum Gasteiger partial charge on any atom is -0.299 e. The van der Waals surface area contributed by atoms with Crippen LogP contribution in [0.15, 0.2) is 47.1 Å². The molecule has 0 aliphatic rings. The molecule has 0 N–H and O–H groups in total. The molecule has 0 amide bonds. The lowest BCUT2D eigenvalue weighted by molar-refractivity contribution is -0.117. The molecule has 1 aromatic heterocycles. The first-order valence-corrected chi connectivity index (χ1v) is 7.17. The molecule has 1 aromatic carbocycles. The van der Waals surface area contributed by atoms with Gasteiger partial charge in [0.1, 0.15) is 5.78 Å². The zero-order valence-electron chi connectivity index (χ0n) is 10.9. The normalized spacial score (nSPS) is 10.4. The van der Waals surface area contributed by atoms with Crippen molar-refractivity contribution in [3.63, 3.8) is 0 Å². The molecule has 2 aromatic rings. The van der Waals surface area contributed by atoms with Crippen molar-refractivity contribution in [3.05, 3.63) is 63.9 Å². The van der Waals surface area contributed by atoms with Crippen molar-refractivity contribution in [2.75, 3.05) is 0 Å². The summed E-state index contributed by atoms with van der Waals surface area (Å²) < 4.78 is 0.984. The Hall–Kier alpha value is -1.48. The van der Waals surface area contributed by atoms with Crippen LogP contribution >= 0.6 is 15.9 Å². The predicted molar refractivity (Wildman–Crippen MR) is 80.2 cm³/mol. The number of carbonyl (C=O) groups excluding carboxylic acids is 1. The molecule has 98 valence electrons. The van der Waals surface area contributed by atoms with Crippen LogP contribution in [0.2, 0.25) is 0 Å². The SMILES string of the molecule is CCc1ccc(CC(=O)Cc2ccccc2Br)nc1. The van der Waals surface area contributed by atoms with E-state index in [-0.39, 0.29) is 5.78 Å². The van der Waals surface area contributed by atoms with E-state index in [0.29, 0.717) is 12.8 Å². The monoisotopic (exact) mass is 317 g/mol. The summed E-state index contributed by atoms with van der Waals surface area (Å²) in [7, 11) is 0. The number of aryl methyl sites for hydroxylation is 1. The molecule has 0 bridgehead atoms. The van der Waals surface area contributed by atoms with Gasteiger partial charge in [-0.2, -0.15) is 0 Å². The second-order valence-corrected chi connectivity index (χ2v) is 5.35. The van der Waals surface area contributed by atoms with Gasteiger partial charge in [-0.15, -0.1) is 0 Å². The number of pyridine rings is 1. The molecule has 0 fully saturated rings. The summed E-state index contributed by atoms with van der Waals surface area (Å²) in [4.78, 5) is 16.3. The second kappa shape index (κ2) is 6.62. The third-order valence-corrected chi connectivity index (χ3v) is 3.79. The Kier molecular flexibility index (Phi) is 4.86. The number of benzene rings is 1. The molecular weight excluding hydrogens is 302 g/mol. The highest BCUT2D eigenvalue weighted by Crippen LogP contribution is 2.17. The molecule has 2 nitrogen and oxygen atoms in total. The van der Waals surface area contributed by atoms with Crippen LogP contribution in [0.1, 0.15) is 23.7 Å². The van der Waals surface area contributed by atoms with Crippen molar-refractivity contribution in [1.82, 2.24) is 4.98 Å². The van der Waals surface area contributed by atoms with Crippen molar-refractivity contribution < 1.29 is 4.79 Å². The van der Waals surface area contributed by atoms with Crippen LogP contribution in [-0.2, 0) is 24.1 Å². The molecular formula is C16H16BrNO. The van der Waals surface area contributed by atoms with Crippen LogP contribution in [0.5, 0.6) is 0 Å². The molecule has 3 heteroatoms. The van der Waals surface area contributed by atoms with E-state index >= 15 is 0 Å². The van der Waals surface area contributed by atoms with Crippen LogP contribution < -0.4 is 0 Å². The first-order chi connectivity index (χ1) is 9.19. The van der Waals surface area contributed by atoms with Crippen molar-refractivity contribution in [2.24, 2.45) is 0 Å². The van der Waals surface area contributed by atoms with Crippen molar-refractivity contribution in [1.29, 1.82) is 0 Å². The Morgan fingerprint density at radius 3 is 2.58 bits per heavy atom. The fraction of sp³-hybridized carbons (Fsp3) is 0.250. The Labute approximate surface area is 122 Å². The number of hydrogen-bond donors (Lipinski definition) is 0. The van der Waals surface area contributed by atoms with Gasteiger partial charge in [-0.25, -0.2) is 0 Å². The molecule has 0 saturated heterocycles. The second-order valence-electron chi connectivity index (χ2n) is 4.49. The molecule has 0 unspecified atom stereocenters. The average molecular weight is 318 g/mol. The minimum absolute atomic E-state index is 0.184. The third-order valence-electron chi connectivity index (χ3n) is 3.02. The predicted octanol–water partition coefficient (Wildman–Crippen LogP) is 3.76. The average Bonchev–Trinajstić information content (AvgIpc) is 2.42. The molecule has 0 atom stereocenters. The summed E-state index contributed by atoms with van der Waals surface area (Å²) in [5.41, 5.74) is 3.06. The van der Waals surface area contributed by atoms with Gasteiger partial charge in [0.25, 0.3) is 0 Å². The number of nitrogens with zero attached hydrogens (tertiary/aromatic N) is 1. The van der Waals surface area contributed by atoms with Gasteiger partial charge >= 0.3 is 0 Å². The van der Waals surface area contributed by atoms with Gasteiger partial charge in [-0.1, -0.05) is 47.1 Å². The molecule has 0 spiro atoms. The highest BCUT2D eigenvalue weighted by molar-refractivity contribution is 9.10. The zero-order chi connectivity index (χ0) is 13.7. The van der Waals surface area contributed by atoms with E-state index in [0.717, 1.165) is 22.2 Å². The van der Waals surface area contributed by atoms with E-state index in [9.17, 15) is 4.79 Å². The molecule has 0 saturated carbocycles. The topological polar surface area (TPSA) is 30.0 Å². The number of halogens is 1. The first kappa shape index (κ1) is 13.9. The highest BCUT2D eigenvalue weighted by atomic mass is 79.9. The summed E-state index contributed by atoms with van der Waals surface area (Å²) >= 11 is 3.46. The maximum absolute atomic E-state index is 12.0. The van der Waals surface area contributed by atoms with Gasteiger partial charge in [-0.05, 0) is 29.7 Å². The zero-order valence-corrected chi connectivity index (χ0v) is 12.5. The standard InChI is InChI=1S/C16H16BrNO/c1-2-12-7-8-14(18-11-12)10-15(19)9-13-5-3-4-6-16(13)17/h3-8,11H,2,9-10H2,1H3. The van der Waals surface area contributed by atoms with Gasteiger partial charge in [0, 0.05) is 29.2 Å². The summed E-state index contributed by atoms with van der Waals surface area (Å²) in [5.74, 6) is 0.184. The Morgan fingerprint density at radius 2 is 1.95 bits per heavy atom. The van der Waals surface area contributed by atoms with Gasteiger partial charge in [0.15, 0.2) is 0 Å². The van der Waals surface area contributed by atoms with Crippen LogP contribution in [0.3, 0.4) is 0 Å². The van der Waals surface area contributed by atoms with Gasteiger partial charge in [0.05, 0.1) is 0 Å². The fourth-order valence-electron chi connectivity index (χ4n) is 1.89. The number of Topliss-reactive ketones (excluding diaryl/α,β-unsaturated/α-hetero) is 1. The van der Waals surface area contributed by atoms with Crippen molar-refractivity contribution >= 4 is 21.7 Å². The van der Waals surface area contributed by atoms with E-state index in [1.807, 2.05) is 42.6 Å². The first-order valence-electron chi connectivity index (χ1n) is 6.38. The molecule has 0 radical (unpaired) electrons. The largest absolute Gasteiger partial charge is 0.299 e. The Morgan fingerprint density at radius 1 is 1.16 bits per heavy atom. The summed E-state index contributed by atoms with van der Waals surface area (Å²) in [6, 6.07) is 11.8. The molecule has 0 aliphatic carbocycles. The van der Waals surface area contributed by atoms with E-state index in [4.69, 9.17) is 0 Å². The van der Waals surface area contributed by atoms with Gasteiger partial charge < -0.3 is 0 Å². The molecule has 1 heterocycles. The fourth-order valence-corrected chi connectivity index (χ4v) is 2.31. The van der Waals surface area contributed by atoms with E-state index < -0.39 is 0 Å². The Bertz CT molecular complexity index is 563. The van der Waals surface area contributed by atoms with Gasteiger partial charge in [-0.3, -0.25) is 9.78 Å². The Balaban J connectivity index is 1.99. The van der Waals surface area contributed by atoms with Crippen molar-refractivity contribution in [2.45, 2.75) is 26.2 Å². The van der Waals surface area contributed by atoms with Crippen LogP contribution in [0.4, 0.5) is 0 Å². The van der Waals surface area contributed by atoms with Crippen LogP contribution in [0.25, 0.3) is 0 Å². The smallest absolute Gasteiger partial charge is 0.143 e. The van der Waals surface area contributed by atoms with Crippen molar-refractivity contribution in [3.8, 4) is 0 Å². The third kappa shape index (κ3) is 4.00. The number of hydrogen-bond acceptors (Lipinski definition) is 2. The summed E-state index contributed by atoms with van der Waals surface area (Å²) in [6.07, 6.45) is 3.66. The van der Waals surface area contributed by atoms with E-state index in [1.165, 1.54) is 5.56 Å². The highest BCUT2D eigenvalue weighted by Gasteiger charge is 2.08. The van der Waals surface area contributed by atoms with E-state index in [1.54, 1.807) is 0 Å². The quantitative estimate of drug-likeness (QED) is 0.840. The lowest BCUT2D eigenvalue weighted by Gasteiger charge is -2.04. The summed E-state index contributed by atoms with van der Waals surface area (Å²) in [5, 5.41) is 0. The lowest BCUT2D eigenvalue weighted by Crippen LogP contribution is -2.08. The molecule has 0 aliphatic heterocycles. The number of rotatable bonds is 5. The summed E-state index contributed by atoms with van der Waals surface area (Å²) in [6.45, 7) is 2.09. The maximum Gasteiger partial charge on any atom is 0.143 e. The number of carbonyl (C=O) groups is 1. The lowest BCUT2D eigenvalue weighted by atomic mass is 10.1. The van der Waals surface area contributed by atoms with Crippen LogP contribution in [0, 0.1) is 0 Å². The molecule has 19 heavy (non-hydrogen) atoms. The maximum atomic E-state index is 12.0. The van der Waals surface area contributed by atoms with E-state index in [2.05, 4.69) is 27.8 Å². The number of ketones is 1. The minimum atomic E-state index is 0.184. The number of aromatic nitrogens is 1. The van der Waals surface area contributed by atoms with Crippen LogP contribution in [-0.4, -0.2) is 10.8 Å². The molecule has 2 rings (SSSR count).